The Morgan fingerprint density at radius 1 is 0.919 bits per heavy atom. The molecular weight excluding hydrogens is 796 g/mol. The smallest absolute Gasteiger partial charge is 0.347 e. The predicted octanol–water partition coefficient (Wildman–Crippen LogP) is 5.91. The molecule has 0 radical (unpaired) electrons. The van der Waals surface area contributed by atoms with Crippen molar-refractivity contribution in [1.29, 1.82) is 0 Å². The molecule has 1 aliphatic rings. The molecule has 2 atom stereocenters. The van der Waals surface area contributed by atoms with Gasteiger partial charge in [0.25, 0.3) is 5.91 Å². The zero-order valence-electron chi connectivity index (χ0n) is 34.2. The third-order valence-electron chi connectivity index (χ3n) is 11.1. The van der Waals surface area contributed by atoms with Crippen molar-refractivity contribution in [2.45, 2.75) is 37.6 Å². The van der Waals surface area contributed by atoms with E-state index >= 15 is 4.39 Å². The number of aromatic amines is 1. The van der Waals surface area contributed by atoms with E-state index in [4.69, 9.17) is 14.2 Å². The van der Waals surface area contributed by atoms with Crippen LogP contribution < -0.4 is 25.7 Å². The first-order valence-electron chi connectivity index (χ1n) is 20.4. The largest absolute Gasteiger partial charge is 0.506 e. The number of pyridine rings is 1. The summed E-state index contributed by atoms with van der Waals surface area (Å²) in [5, 5.41) is 39.3. The highest BCUT2D eigenvalue weighted by Crippen LogP contribution is 2.34. The molecule has 14 heteroatoms. The number of aliphatic hydroxyl groups excluding tert-OH is 1. The van der Waals surface area contributed by atoms with Crippen molar-refractivity contribution in [3.05, 3.63) is 165 Å². The first-order valence-corrected chi connectivity index (χ1v) is 20.4. The first-order chi connectivity index (χ1) is 30.0. The van der Waals surface area contributed by atoms with Crippen LogP contribution in [0.1, 0.15) is 46.8 Å². The van der Waals surface area contributed by atoms with Crippen LogP contribution in [-0.2, 0) is 33.0 Å². The minimum absolute atomic E-state index is 0.0417. The SMILES string of the molecule is COc1cc(NC(=O)COc2cccc(C(O)(C(=O)OCC3CCN(Cc4ccccc4)CC3)c3ccccc3)c2)c(F)cc1CNC[C@H](O)c1ccc(O)c2[nH]c(=O)ccc12. The molecule has 0 saturated carbocycles. The number of aromatic hydroxyl groups is 1. The number of esters is 1. The van der Waals surface area contributed by atoms with E-state index in [1.54, 1.807) is 54.6 Å². The maximum Gasteiger partial charge on any atom is 0.347 e. The summed E-state index contributed by atoms with van der Waals surface area (Å²) in [5.74, 6) is -1.78. The van der Waals surface area contributed by atoms with E-state index in [0.717, 1.165) is 32.5 Å². The quantitative estimate of drug-likeness (QED) is 0.0601. The molecule has 0 aliphatic carbocycles. The van der Waals surface area contributed by atoms with Gasteiger partial charge in [-0.05, 0) is 78.9 Å². The number of halogens is 1. The Morgan fingerprint density at radius 2 is 1.65 bits per heavy atom. The summed E-state index contributed by atoms with van der Waals surface area (Å²) in [6, 6.07) is 33.3. The van der Waals surface area contributed by atoms with Gasteiger partial charge < -0.3 is 45.1 Å². The summed E-state index contributed by atoms with van der Waals surface area (Å²) in [6.45, 7) is 2.38. The zero-order valence-corrected chi connectivity index (χ0v) is 34.2. The highest BCUT2D eigenvalue weighted by molar-refractivity contribution is 5.92. The van der Waals surface area contributed by atoms with Crippen LogP contribution in [0.15, 0.2) is 126 Å². The van der Waals surface area contributed by atoms with Crippen LogP contribution in [0.4, 0.5) is 10.1 Å². The predicted molar refractivity (Wildman–Crippen MR) is 231 cm³/mol. The number of nitrogens with zero attached hydrogens (tertiary/aromatic N) is 1. The lowest BCUT2D eigenvalue weighted by atomic mass is 9.86. The molecule has 0 spiro atoms. The van der Waals surface area contributed by atoms with Crippen molar-refractivity contribution in [2.24, 2.45) is 5.92 Å². The Hall–Kier alpha value is -6.58. The van der Waals surface area contributed by atoms with Gasteiger partial charge in [-0.2, -0.15) is 0 Å². The highest BCUT2D eigenvalue weighted by atomic mass is 19.1. The highest BCUT2D eigenvalue weighted by Gasteiger charge is 2.42. The normalized spacial score (nSPS) is 14.8. The molecule has 1 unspecified atom stereocenters. The summed E-state index contributed by atoms with van der Waals surface area (Å²) < 4.78 is 32.5. The second kappa shape index (κ2) is 19.9. The number of phenols is 1. The molecule has 13 nitrogen and oxygen atoms in total. The summed E-state index contributed by atoms with van der Waals surface area (Å²) in [7, 11) is 1.40. The zero-order chi connectivity index (χ0) is 43.6. The Bertz CT molecular complexity index is 2550. The molecule has 1 aliphatic heterocycles. The van der Waals surface area contributed by atoms with Gasteiger partial charge in [-0.25, -0.2) is 9.18 Å². The fraction of sp³-hybridized carbons (Fsp3) is 0.271. The number of carbonyl (C=O) groups excluding carboxylic acids is 2. The number of phenolic OH excluding ortho intramolecular Hbond substituents is 1. The second-order valence-corrected chi connectivity index (χ2v) is 15.3. The number of hydrogen-bond donors (Lipinski definition) is 6. The maximum absolute atomic E-state index is 15.4. The molecule has 2 heterocycles. The van der Waals surface area contributed by atoms with E-state index in [-0.39, 0.29) is 59.6 Å². The minimum atomic E-state index is -2.17. The number of amides is 1. The lowest BCUT2D eigenvalue weighted by Crippen LogP contribution is -2.40. The first kappa shape index (κ1) is 43.5. The van der Waals surface area contributed by atoms with Crippen LogP contribution in [0.2, 0.25) is 0 Å². The van der Waals surface area contributed by atoms with Crippen molar-refractivity contribution in [3.8, 4) is 17.2 Å². The van der Waals surface area contributed by atoms with Crippen LogP contribution >= 0.6 is 0 Å². The Morgan fingerprint density at radius 3 is 2.39 bits per heavy atom. The molecular formula is C48H49FN4O9. The van der Waals surface area contributed by atoms with Crippen molar-refractivity contribution < 1.29 is 43.5 Å². The van der Waals surface area contributed by atoms with Crippen LogP contribution in [0.5, 0.6) is 17.2 Å². The molecule has 7 rings (SSSR count). The monoisotopic (exact) mass is 844 g/mol. The Kier molecular flexibility index (Phi) is 13.9. The van der Waals surface area contributed by atoms with Gasteiger partial charge in [-0.15, -0.1) is 0 Å². The van der Waals surface area contributed by atoms with Gasteiger partial charge in [0.2, 0.25) is 11.2 Å². The molecule has 1 aromatic heterocycles. The molecule has 1 amide bonds. The minimum Gasteiger partial charge on any atom is -0.506 e. The fourth-order valence-corrected chi connectivity index (χ4v) is 7.70. The van der Waals surface area contributed by atoms with Crippen LogP contribution in [-0.4, -0.2) is 77.0 Å². The average molecular weight is 845 g/mol. The van der Waals surface area contributed by atoms with E-state index < -0.39 is 41.6 Å². The number of nitrogens with one attached hydrogen (secondary N) is 3. The van der Waals surface area contributed by atoms with Gasteiger partial charge >= 0.3 is 5.97 Å². The number of rotatable bonds is 17. The van der Waals surface area contributed by atoms with Gasteiger partial charge in [-0.1, -0.05) is 78.9 Å². The number of carbonyl (C=O) groups is 2. The summed E-state index contributed by atoms with van der Waals surface area (Å²) in [6.07, 6.45) is 0.668. The molecule has 0 bridgehead atoms. The van der Waals surface area contributed by atoms with Crippen molar-refractivity contribution in [1.82, 2.24) is 15.2 Å². The maximum atomic E-state index is 15.4. The van der Waals surface area contributed by atoms with Crippen molar-refractivity contribution in [3.63, 3.8) is 0 Å². The van der Waals surface area contributed by atoms with Crippen molar-refractivity contribution in [2.75, 3.05) is 45.3 Å². The van der Waals surface area contributed by atoms with Gasteiger partial charge in [0.15, 0.2) is 6.61 Å². The van der Waals surface area contributed by atoms with E-state index in [2.05, 4.69) is 32.7 Å². The summed E-state index contributed by atoms with van der Waals surface area (Å²) >= 11 is 0. The molecule has 6 N–H and O–H groups in total. The molecule has 1 fully saturated rings. The standard InChI is InChI=1S/C48H49FN4O9/c1-60-43-25-40(39(49)23-33(43)26-50-27-42(55)37-15-17-41(54)46-38(37)16-18-44(56)52-46)51-45(57)30-61-36-14-8-13-35(24-36)48(59,34-11-6-3-7-12-34)47(58)62-29-32-19-21-53(22-20-32)28-31-9-4-2-5-10-31/h2-18,23-25,32,42,50,54-55,59H,19-22,26-30H2,1H3,(H,51,57)(H,52,56)/t42-,48?/m0/s1. The third-order valence-corrected chi connectivity index (χ3v) is 11.1. The Balaban J connectivity index is 0.946. The number of ether oxygens (including phenoxy) is 3. The van der Waals surface area contributed by atoms with E-state index in [1.165, 1.54) is 49.1 Å². The number of likely N-dealkylation sites (tertiary alicyclic amines) is 1. The van der Waals surface area contributed by atoms with E-state index in [0.29, 0.717) is 22.1 Å². The van der Waals surface area contributed by atoms with E-state index in [1.807, 2.05) is 18.2 Å². The van der Waals surface area contributed by atoms with Crippen molar-refractivity contribution >= 4 is 28.5 Å². The molecule has 62 heavy (non-hydrogen) atoms. The number of benzene rings is 5. The van der Waals surface area contributed by atoms with Gasteiger partial charge in [0.1, 0.15) is 23.1 Å². The molecule has 1 saturated heterocycles. The van der Waals surface area contributed by atoms with Gasteiger partial charge in [0.05, 0.1) is 31.0 Å². The van der Waals surface area contributed by atoms with Crippen LogP contribution in [0.3, 0.4) is 0 Å². The van der Waals surface area contributed by atoms with Gasteiger partial charge in [0, 0.05) is 48.3 Å². The number of hydrogen-bond acceptors (Lipinski definition) is 11. The van der Waals surface area contributed by atoms with Gasteiger partial charge in [-0.3, -0.25) is 14.5 Å². The number of piperidine rings is 1. The molecule has 6 aromatic rings. The number of aliphatic hydroxyl groups is 2. The fourth-order valence-electron chi connectivity index (χ4n) is 7.70. The number of H-pyrrole nitrogens is 1. The summed E-state index contributed by atoms with van der Waals surface area (Å²) in [5.41, 5.74) is 0.115. The third kappa shape index (κ3) is 10.3. The number of methoxy groups -OCH3 is 1. The lowest BCUT2D eigenvalue weighted by Gasteiger charge is -2.33. The van der Waals surface area contributed by atoms with Crippen LogP contribution in [0, 0.1) is 11.7 Å². The molecule has 5 aromatic carbocycles. The number of fused-ring (bicyclic) bond motifs is 1. The molecule has 322 valence electrons. The second-order valence-electron chi connectivity index (χ2n) is 15.3. The number of anilines is 1. The van der Waals surface area contributed by atoms with E-state index in [9.17, 15) is 29.7 Å². The summed E-state index contributed by atoms with van der Waals surface area (Å²) in [4.78, 5) is 43.6. The average Bonchev–Trinajstić information content (AvgIpc) is 3.29. The topological polar surface area (TPSA) is 183 Å². The number of aromatic nitrogens is 1. The Labute approximate surface area is 357 Å². The van der Waals surface area contributed by atoms with Crippen LogP contribution in [0.25, 0.3) is 10.9 Å². The lowest BCUT2D eigenvalue weighted by molar-refractivity contribution is -0.164.